The Morgan fingerprint density at radius 2 is 2.19 bits per heavy atom. The van der Waals surface area contributed by atoms with Crippen molar-refractivity contribution in [2.24, 2.45) is 0 Å². The molecular weight excluding hydrogens is 292 g/mol. The van der Waals surface area contributed by atoms with E-state index in [1.54, 1.807) is 25.2 Å². The number of nitrogens with one attached hydrogen (secondary N) is 1. The quantitative estimate of drug-likeness (QED) is 0.844. The number of carbonyl (C=O) groups excluding carboxylic acids is 2. The van der Waals surface area contributed by atoms with Gasteiger partial charge in [-0.15, -0.1) is 11.8 Å². The molecule has 0 aliphatic carbocycles. The van der Waals surface area contributed by atoms with E-state index in [-0.39, 0.29) is 18.4 Å². The summed E-state index contributed by atoms with van der Waals surface area (Å²) in [6, 6.07) is 5.49. The number of nitrogens with zero attached hydrogens (tertiary/aromatic N) is 1. The normalized spacial score (nSPS) is 14.2. The molecule has 0 aromatic heterocycles. The Hall–Kier alpha value is -1.89. The molecule has 7 heteroatoms. The van der Waals surface area contributed by atoms with E-state index in [0.29, 0.717) is 29.7 Å². The Balaban J connectivity index is 1.93. The van der Waals surface area contributed by atoms with Gasteiger partial charge in [-0.25, -0.2) is 0 Å². The molecule has 1 heterocycles. The number of ether oxygens (including phenoxy) is 2. The standard InChI is InChI=1S/C14H18N2O4S/c1-19-11-5-3-4-10(14(11)20-2)6-15-12(17)7-16-9-21-8-13(16)18/h3-5H,6-9H2,1-2H3,(H,15,17). The number of hydrogen-bond donors (Lipinski definition) is 1. The van der Waals surface area contributed by atoms with E-state index in [1.807, 2.05) is 12.1 Å². The number of carbonyl (C=O) groups is 2. The van der Waals surface area contributed by atoms with E-state index < -0.39 is 0 Å². The summed E-state index contributed by atoms with van der Waals surface area (Å²) in [6.07, 6.45) is 0. The SMILES string of the molecule is COc1cccc(CNC(=O)CN2CSCC2=O)c1OC. The second-order valence-corrected chi connectivity index (χ2v) is 5.45. The van der Waals surface area contributed by atoms with Gasteiger partial charge in [-0.3, -0.25) is 9.59 Å². The van der Waals surface area contributed by atoms with Crippen LogP contribution < -0.4 is 14.8 Å². The number of para-hydroxylation sites is 1. The molecule has 1 aromatic rings. The van der Waals surface area contributed by atoms with Gasteiger partial charge in [0.05, 0.1) is 25.8 Å². The largest absolute Gasteiger partial charge is 0.493 e. The molecule has 1 saturated heterocycles. The van der Waals surface area contributed by atoms with E-state index in [0.717, 1.165) is 5.56 Å². The molecule has 6 nitrogen and oxygen atoms in total. The van der Waals surface area contributed by atoms with Gasteiger partial charge in [0, 0.05) is 12.1 Å². The monoisotopic (exact) mass is 310 g/mol. The lowest BCUT2D eigenvalue weighted by Gasteiger charge is -2.16. The molecule has 21 heavy (non-hydrogen) atoms. The highest BCUT2D eigenvalue weighted by Gasteiger charge is 2.22. The smallest absolute Gasteiger partial charge is 0.239 e. The molecule has 1 aliphatic rings. The molecule has 1 N–H and O–H groups in total. The number of rotatable bonds is 6. The highest BCUT2D eigenvalue weighted by Crippen LogP contribution is 2.30. The summed E-state index contributed by atoms with van der Waals surface area (Å²) in [5, 5.41) is 2.79. The van der Waals surface area contributed by atoms with Crippen LogP contribution in [0.15, 0.2) is 18.2 Å². The highest BCUT2D eigenvalue weighted by atomic mass is 32.2. The van der Waals surface area contributed by atoms with E-state index >= 15 is 0 Å². The second kappa shape index (κ2) is 7.21. The average molecular weight is 310 g/mol. The first kappa shape index (κ1) is 15.5. The van der Waals surface area contributed by atoms with Crippen molar-refractivity contribution in [3.05, 3.63) is 23.8 Å². The first-order valence-electron chi connectivity index (χ1n) is 6.47. The molecule has 0 unspecified atom stereocenters. The minimum Gasteiger partial charge on any atom is -0.493 e. The van der Waals surface area contributed by atoms with Gasteiger partial charge in [0.15, 0.2) is 11.5 Å². The first-order valence-corrected chi connectivity index (χ1v) is 7.63. The maximum Gasteiger partial charge on any atom is 0.239 e. The minimum atomic E-state index is -0.185. The summed E-state index contributed by atoms with van der Waals surface area (Å²) in [5.41, 5.74) is 0.826. The lowest BCUT2D eigenvalue weighted by atomic mass is 10.2. The molecule has 2 amide bonds. The average Bonchev–Trinajstić information content (AvgIpc) is 2.89. The topological polar surface area (TPSA) is 67.9 Å². The highest BCUT2D eigenvalue weighted by molar-refractivity contribution is 8.00. The molecule has 0 spiro atoms. The van der Waals surface area contributed by atoms with Crippen LogP contribution in [-0.4, -0.2) is 49.1 Å². The van der Waals surface area contributed by atoms with E-state index in [9.17, 15) is 9.59 Å². The van der Waals surface area contributed by atoms with Crippen LogP contribution in [0, 0.1) is 0 Å². The second-order valence-electron chi connectivity index (χ2n) is 4.50. The third kappa shape index (κ3) is 3.81. The van der Waals surface area contributed by atoms with Crippen molar-refractivity contribution in [1.82, 2.24) is 10.2 Å². The molecule has 0 atom stereocenters. The Labute approximate surface area is 127 Å². The van der Waals surface area contributed by atoms with Gasteiger partial charge >= 0.3 is 0 Å². The minimum absolute atomic E-state index is 0.00844. The number of hydrogen-bond acceptors (Lipinski definition) is 5. The van der Waals surface area contributed by atoms with Crippen LogP contribution in [0.5, 0.6) is 11.5 Å². The maximum atomic E-state index is 11.9. The fourth-order valence-electron chi connectivity index (χ4n) is 2.06. The predicted octanol–water partition coefficient (Wildman–Crippen LogP) is 0.853. The van der Waals surface area contributed by atoms with Crippen LogP contribution in [0.3, 0.4) is 0 Å². The lowest BCUT2D eigenvalue weighted by molar-refractivity contribution is -0.132. The molecule has 0 saturated carbocycles. The van der Waals surface area contributed by atoms with Crippen LogP contribution in [0.2, 0.25) is 0 Å². The molecule has 114 valence electrons. The molecule has 1 aromatic carbocycles. The third-order valence-electron chi connectivity index (χ3n) is 3.12. The van der Waals surface area contributed by atoms with Crippen LogP contribution in [0.25, 0.3) is 0 Å². The maximum absolute atomic E-state index is 11.9. The Kier molecular flexibility index (Phi) is 5.32. The fourth-order valence-corrected chi connectivity index (χ4v) is 2.96. The molecule has 1 aliphatic heterocycles. The van der Waals surface area contributed by atoms with Crippen molar-refractivity contribution in [1.29, 1.82) is 0 Å². The van der Waals surface area contributed by atoms with Gasteiger partial charge in [0.25, 0.3) is 0 Å². The number of benzene rings is 1. The fraction of sp³-hybridized carbons (Fsp3) is 0.429. The number of thioether (sulfide) groups is 1. The summed E-state index contributed by atoms with van der Waals surface area (Å²) >= 11 is 1.52. The third-order valence-corrected chi connectivity index (χ3v) is 4.07. The van der Waals surface area contributed by atoms with Crippen LogP contribution in [-0.2, 0) is 16.1 Å². The summed E-state index contributed by atoms with van der Waals surface area (Å²) in [7, 11) is 3.13. The van der Waals surface area contributed by atoms with Crippen LogP contribution in [0.4, 0.5) is 0 Å². The van der Waals surface area contributed by atoms with Gasteiger partial charge in [-0.2, -0.15) is 0 Å². The van der Waals surface area contributed by atoms with Crippen molar-refractivity contribution < 1.29 is 19.1 Å². The predicted molar refractivity (Wildman–Crippen MR) is 80.4 cm³/mol. The number of methoxy groups -OCH3 is 2. The van der Waals surface area contributed by atoms with E-state index in [1.165, 1.54) is 11.8 Å². The van der Waals surface area contributed by atoms with Crippen molar-refractivity contribution in [3.63, 3.8) is 0 Å². The Morgan fingerprint density at radius 3 is 2.81 bits per heavy atom. The van der Waals surface area contributed by atoms with Crippen molar-refractivity contribution in [2.75, 3.05) is 32.4 Å². The first-order chi connectivity index (χ1) is 10.2. The molecule has 2 rings (SSSR count). The van der Waals surface area contributed by atoms with Gasteiger partial charge < -0.3 is 19.7 Å². The van der Waals surface area contributed by atoms with E-state index in [4.69, 9.17) is 9.47 Å². The van der Waals surface area contributed by atoms with Crippen molar-refractivity contribution in [2.45, 2.75) is 6.54 Å². The van der Waals surface area contributed by atoms with Crippen LogP contribution >= 0.6 is 11.8 Å². The van der Waals surface area contributed by atoms with Gasteiger partial charge in [0.2, 0.25) is 11.8 Å². The van der Waals surface area contributed by atoms with Gasteiger partial charge in [-0.05, 0) is 6.07 Å². The molecule has 0 bridgehead atoms. The van der Waals surface area contributed by atoms with E-state index in [2.05, 4.69) is 5.32 Å². The van der Waals surface area contributed by atoms with Crippen molar-refractivity contribution >= 4 is 23.6 Å². The zero-order chi connectivity index (χ0) is 15.2. The van der Waals surface area contributed by atoms with Gasteiger partial charge in [0.1, 0.15) is 6.54 Å². The summed E-state index contributed by atoms with van der Waals surface area (Å²) in [6.45, 7) is 0.423. The zero-order valence-electron chi connectivity index (χ0n) is 12.0. The lowest BCUT2D eigenvalue weighted by Crippen LogP contribution is -2.37. The Morgan fingerprint density at radius 1 is 1.38 bits per heavy atom. The molecule has 0 radical (unpaired) electrons. The number of amides is 2. The molecular formula is C14H18N2O4S. The van der Waals surface area contributed by atoms with Crippen LogP contribution in [0.1, 0.15) is 5.56 Å². The zero-order valence-corrected chi connectivity index (χ0v) is 12.9. The summed E-state index contributed by atoms with van der Waals surface area (Å²) in [4.78, 5) is 24.9. The molecule has 1 fully saturated rings. The van der Waals surface area contributed by atoms with Crippen molar-refractivity contribution in [3.8, 4) is 11.5 Å². The van der Waals surface area contributed by atoms with Gasteiger partial charge in [-0.1, -0.05) is 12.1 Å². The summed E-state index contributed by atoms with van der Waals surface area (Å²) in [5.74, 6) is 2.08. The summed E-state index contributed by atoms with van der Waals surface area (Å²) < 4.78 is 10.5. The Bertz CT molecular complexity index is 536.